The summed E-state index contributed by atoms with van der Waals surface area (Å²) in [5, 5.41) is 13.0. The Bertz CT molecular complexity index is 852. The van der Waals surface area contributed by atoms with Crippen LogP contribution < -0.4 is 10.2 Å². The lowest BCUT2D eigenvalue weighted by Gasteiger charge is -2.38. The third-order valence-corrected chi connectivity index (χ3v) is 7.79. The number of piperazine rings is 1. The van der Waals surface area contributed by atoms with Gasteiger partial charge in [-0.05, 0) is 68.7 Å². The summed E-state index contributed by atoms with van der Waals surface area (Å²) in [5.74, 6) is -0.175. The molecule has 1 saturated carbocycles. The number of fused-ring (bicyclic) bond motifs is 3. The van der Waals surface area contributed by atoms with E-state index in [1.54, 1.807) is 6.07 Å². The maximum absolute atomic E-state index is 14.9. The van der Waals surface area contributed by atoms with E-state index < -0.39 is 5.92 Å². The summed E-state index contributed by atoms with van der Waals surface area (Å²) < 4.78 is 14.9. The maximum Gasteiger partial charge on any atom is 0.151 e. The number of hydrogen-bond donors (Lipinski definition) is 1. The molecule has 6 heteroatoms. The zero-order valence-electron chi connectivity index (χ0n) is 17.5. The average molecular weight is 411 g/mol. The highest BCUT2D eigenvalue weighted by Gasteiger charge is 2.42. The number of anilines is 1. The van der Waals surface area contributed by atoms with Crippen molar-refractivity contribution in [1.82, 2.24) is 10.2 Å². The van der Waals surface area contributed by atoms with E-state index in [1.807, 2.05) is 12.1 Å². The largest absolute Gasteiger partial charge is 0.369 e. The van der Waals surface area contributed by atoms with E-state index in [9.17, 15) is 14.4 Å². The Morgan fingerprint density at radius 2 is 2.17 bits per heavy atom. The molecule has 0 radical (unpaired) electrons. The molecule has 30 heavy (non-hydrogen) atoms. The molecule has 0 amide bonds. The molecule has 5 nitrogen and oxygen atoms in total. The molecule has 0 spiro atoms. The first-order chi connectivity index (χ1) is 14.6. The van der Waals surface area contributed by atoms with E-state index in [4.69, 9.17) is 0 Å². The van der Waals surface area contributed by atoms with Gasteiger partial charge in [0.1, 0.15) is 5.82 Å². The van der Waals surface area contributed by atoms with Gasteiger partial charge in [0, 0.05) is 43.8 Å². The first-order valence-corrected chi connectivity index (χ1v) is 11.6. The van der Waals surface area contributed by atoms with Crippen molar-refractivity contribution in [3.63, 3.8) is 0 Å². The number of carbonyl (C=O) groups is 1. The Balaban J connectivity index is 1.21. The minimum Gasteiger partial charge on any atom is -0.369 e. The molecule has 1 N–H and O–H groups in total. The Morgan fingerprint density at radius 3 is 2.90 bits per heavy atom. The van der Waals surface area contributed by atoms with Crippen molar-refractivity contribution in [3.05, 3.63) is 29.6 Å². The van der Waals surface area contributed by atoms with E-state index in [0.717, 1.165) is 44.6 Å². The molecule has 3 aliphatic heterocycles. The van der Waals surface area contributed by atoms with Gasteiger partial charge in [-0.25, -0.2) is 4.39 Å². The molecule has 0 unspecified atom stereocenters. The SMILES string of the molecule is N#C[C@@H](CC(=O)[C@H]1N[C@@H]2CC[C@H]1C2)Cc1ccc(N2CCN3CCC[C@H]3C2)cc1F. The van der Waals surface area contributed by atoms with E-state index in [-0.39, 0.29) is 24.1 Å². The second kappa shape index (κ2) is 8.28. The molecule has 3 heterocycles. The number of piperidine rings is 1. The van der Waals surface area contributed by atoms with Gasteiger partial charge in [-0.1, -0.05) is 6.07 Å². The van der Waals surface area contributed by atoms with Crippen molar-refractivity contribution in [3.8, 4) is 6.07 Å². The molecule has 5 atom stereocenters. The van der Waals surface area contributed by atoms with Gasteiger partial charge in [-0.15, -0.1) is 0 Å². The van der Waals surface area contributed by atoms with Gasteiger partial charge in [0.2, 0.25) is 0 Å². The van der Waals surface area contributed by atoms with Crippen LogP contribution in [0.15, 0.2) is 18.2 Å². The van der Waals surface area contributed by atoms with Gasteiger partial charge in [0.15, 0.2) is 5.78 Å². The van der Waals surface area contributed by atoms with Gasteiger partial charge in [0.05, 0.1) is 18.0 Å². The smallest absolute Gasteiger partial charge is 0.151 e. The van der Waals surface area contributed by atoms with Crippen LogP contribution in [-0.2, 0) is 11.2 Å². The number of hydrogen-bond acceptors (Lipinski definition) is 5. The zero-order chi connectivity index (χ0) is 20.7. The van der Waals surface area contributed by atoms with Crippen LogP contribution in [0, 0.1) is 29.0 Å². The third-order valence-electron chi connectivity index (χ3n) is 7.79. The fourth-order valence-electron chi connectivity index (χ4n) is 6.14. The molecule has 1 aromatic carbocycles. The molecule has 5 rings (SSSR count). The highest BCUT2D eigenvalue weighted by atomic mass is 19.1. The number of rotatable bonds is 6. The lowest BCUT2D eigenvalue weighted by molar-refractivity contribution is -0.122. The number of nitriles is 1. The number of Topliss-reactive ketones (excluding diaryl/α,β-unsaturated/α-hetero) is 1. The van der Waals surface area contributed by atoms with E-state index in [0.29, 0.717) is 30.0 Å². The quantitative estimate of drug-likeness (QED) is 0.782. The Hall–Kier alpha value is -1.97. The summed E-state index contributed by atoms with van der Waals surface area (Å²) in [7, 11) is 0. The van der Waals surface area contributed by atoms with Gasteiger partial charge < -0.3 is 10.2 Å². The number of nitrogens with zero attached hydrogens (tertiary/aromatic N) is 3. The maximum atomic E-state index is 14.9. The molecule has 2 bridgehead atoms. The summed E-state index contributed by atoms with van der Waals surface area (Å²) in [4.78, 5) is 17.5. The third kappa shape index (κ3) is 3.86. The van der Waals surface area contributed by atoms with Crippen LogP contribution in [0.1, 0.15) is 44.1 Å². The van der Waals surface area contributed by atoms with E-state index in [2.05, 4.69) is 21.2 Å². The molecular formula is C24H31FN4O. The van der Waals surface area contributed by atoms with Crippen LogP contribution in [0.2, 0.25) is 0 Å². The minimum absolute atomic E-state index is 0.0962. The lowest BCUT2D eigenvalue weighted by Crippen LogP contribution is -2.50. The van der Waals surface area contributed by atoms with Gasteiger partial charge in [0.25, 0.3) is 0 Å². The Labute approximate surface area is 178 Å². The highest BCUT2D eigenvalue weighted by molar-refractivity contribution is 5.85. The second-order valence-corrected chi connectivity index (χ2v) is 9.67. The van der Waals surface area contributed by atoms with Crippen LogP contribution in [0.4, 0.5) is 10.1 Å². The van der Waals surface area contributed by atoms with Gasteiger partial charge in [-0.3, -0.25) is 9.69 Å². The number of halogens is 1. The van der Waals surface area contributed by atoms with Gasteiger partial charge >= 0.3 is 0 Å². The van der Waals surface area contributed by atoms with Crippen LogP contribution in [-0.4, -0.2) is 55.0 Å². The predicted octanol–water partition coefficient (Wildman–Crippen LogP) is 2.89. The normalized spacial score (nSPS) is 31.5. The molecule has 1 aliphatic carbocycles. The monoisotopic (exact) mass is 410 g/mol. The molecule has 0 aromatic heterocycles. The standard InChI is InChI=1S/C24H31FN4O/c25-22-13-20(29-9-8-28-7-1-2-21(28)15-29)6-4-17(22)10-16(14-26)11-23(30)24-18-3-5-19(12-18)27-24/h4,6,13,16,18-19,21,24,27H,1-3,5,7-12,15H2/t16-,18+,19-,21+,24+/m1/s1. The van der Waals surface area contributed by atoms with Crippen LogP contribution >= 0.6 is 0 Å². The molecule has 1 aromatic rings. The molecule has 4 fully saturated rings. The number of benzene rings is 1. The number of nitrogens with one attached hydrogen (secondary N) is 1. The van der Waals surface area contributed by atoms with Crippen molar-refractivity contribution in [2.75, 3.05) is 31.1 Å². The van der Waals surface area contributed by atoms with Crippen molar-refractivity contribution < 1.29 is 9.18 Å². The Kier molecular flexibility index (Phi) is 5.51. The van der Waals surface area contributed by atoms with Crippen molar-refractivity contribution in [1.29, 1.82) is 5.26 Å². The van der Waals surface area contributed by atoms with Crippen LogP contribution in [0.25, 0.3) is 0 Å². The first-order valence-electron chi connectivity index (χ1n) is 11.6. The fraction of sp³-hybridized carbons (Fsp3) is 0.667. The fourth-order valence-corrected chi connectivity index (χ4v) is 6.14. The Morgan fingerprint density at radius 1 is 1.27 bits per heavy atom. The van der Waals surface area contributed by atoms with E-state index in [1.165, 1.54) is 19.4 Å². The highest BCUT2D eigenvalue weighted by Crippen LogP contribution is 2.36. The number of carbonyl (C=O) groups excluding carboxylic acids is 1. The van der Waals surface area contributed by atoms with Crippen molar-refractivity contribution in [2.45, 2.75) is 63.1 Å². The van der Waals surface area contributed by atoms with Crippen molar-refractivity contribution >= 4 is 11.5 Å². The molecule has 3 saturated heterocycles. The minimum atomic E-state index is -0.471. The zero-order valence-corrected chi connectivity index (χ0v) is 17.5. The first kappa shape index (κ1) is 20.0. The lowest BCUT2D eigenvalue weighted by atomic mass is 9.88. The van der Waals surface area contributed by atoms with Crippen molar-refractivity contribution in [2.24, 2.45) is 11.8 Å². The van der Waals surface area contributed by atoms with Gasteiger partial charge in [-0.2, -0.15) is 5.26 Å². The topological polar surface area (TPSA) is 59.4 Å². The summed E-state index contributed by atoms with van der Waals surface area (Å²) in [6, 6.07) is 8.63. The molecule has 4 aliphatic rings. The average Bonchev–Trinajstić information content (AvgIpc) is 3.50. The summed E-state index contributed by atoms with van der Waals surface area (Å²) >= 11 is 0. The number of ketones is 1. The predicted molar refractivity (Wildman–Crippen MR) is 114 cm³/mol. The molecule has 160 valence electrons. The second-order valence-electron chi connectivity index (χ2n) is 9.67. The summed E-state index contributed by atoms with van der Waals surface area (Å²) in [6.45, 7) is 4.13. The van der Waals surface area contributed by atoms with Crippen LogP contribution in [0.3, 0.4) is 0 Å². The van der Waals surface area contributed by atoms with E-state index >= 15 is 0 Å². The van der Waals surface area contributed by atoms with Crippen LogP contribution in [0.5, 0.6) is 0 Å². The summed E-state index contributed by atoms with van der Waals surface area (Å²) in [6.07, 6.45) is 6.34. The molecular weight excluding hydrogens is 379 g/mol. The summed E-state index contributed by atoms with van der Waals surface area (Å²) in [5.41, 5.74) is 1.47.